The van der Waals surface area contributed by atoms with Crippen LogP contribution < -0.4 is 10.6 Å². The molecule has 2 aromatic carbocycles. The third-order valence-corrected chi connectivity index (χ3v) is 2.92. The van der Waals surface area contributed by atoms with E-state index in [2.05, 4.69) is 17.6 Å². The normalized spacial score (nSPS) is 10.1. The van der Waals surface area contributed by atoms with Gasteiger partial charge >= 0.3 is 0 Å². The minimum Gasteiger partial charge on any atom is -0.376 e. The lowest BCUT2D eigenvalue weighted by atomic mass is 10.1. The van der Waals surface area contributed by atoms with Gasteiger partial charge in [-0.05, 0) is 42.3 Å². The monoisotopic (exact) mass is 272 g/mol. The fraction of sp³-hybridized carbons (Fsp3) is 0.188. The van der Waals surface area contributed by atoms with Gasteiger partial charge in [-0.3, -0.25) is 4.79 Å². The Kier molecular flexibility index (Phi) is 4.71. The van der Waals surface area contributed by atoms with E-state index in [4.69, 9.17) is 0 Å². The average molecular weight is 272 g/mol. The average Bonchev–Trinajstić information content (AvgIpc) is 2.46. The summed E-state index contributed by atoms with van der Waals surface area (Å²) in [6.07, 6.45) is 0.968. The highest BCUT2D eigenvalue weighted by atomic mass is 19.1. The highest BCUT2D eigenvalue weighted by molar-refractivity contribution is 5.93. The van der Waals surface area contributed by atoms with Gasteiger partial charge in [-0.1, -0.05) is 25.1 Å². The van der Waals surface area contributed by atoms with Crippen molar-refractivity contribution in [2.24, 2.45) is 0 Å². The highest BCUT2D eigenvalue weighted by Crippen LogP contribution is 2.11. The Bertz CT molecular complexity index is 581. The van der Waals surface area contributed by atoms with Gasteiger partial charge in [-0.2, -0.15) is 0 Å². The molecule has 4 heteroatoms. The van der Waals surface area contributed by atoms with E-state index in [1.54, 1.807) is 12.1 Å². The molecular weight excluding hydrogens is 255 g/mol. The number of carbonyl (C=O) groups is 1. The number of hydrogen-bond donors (Lipinski definition) is 2. The van der Waals surface area contributed by atoms with Gasteiger partial charge in [-0.15, -0.1) is 0 Å². The maximum atomic E-state index is 13.0. The van der Waals surface area contributed by atoms with Crippen molar-refractivity contribution >= 4 is 17.3 Å². The zero-order valence-electron chi connectivity index (χ0n) is 11.3. The topological polar surface area (TPSA) is 41.1 Å². The predicted octanol–water partition coefficient (Wildman–Crippen LogP) is 3.44. The van der Waals surface area contributed by atoms with Gasteiger partial charge in [0.2, 0.25) is 5.91 Å². The van der Waals surface area contributed by atoms with Crippen LogP contribution in [0.25, 0.3) is 0 Å². The summed E-state index contributed by atoms with van der Waals surface area (Å²) in [6, 6.07) is 13.7. The Morgan fingerprint density at radius 3 is 2.50 bits per heavy atom. The Balaban J connectivity index is 1.85. The van der Waals surface area contributed by atoms with E-state index < -0.39 is 0 Å². The number of rotatable bonds is 5. The lowest BCUT2D eigenvalue weighted by Gasteiger charge is -2.08. The summed E-state index contributed by atoms with van der Waals surface area (Å²) in [7, 11) is 0. The SMILES string of the molecule is CCc1ccc(NC(=O)CNc2cccc(F)c2)cc1. The second-order valence-electron chi connectivity index (χ2n) is 4.46. The largest absolute Gasteiger partial charge is 0.376 e. The summed E-state index contributed by atoms with van der Waals surface area (Å²) >= 11 is 0. The Morgan fingerprint density at radius 2 is 1.85 bits per heavy atom. The van der Waals surface area contributed by atoms with Crippen molar-refractivity contribution in [1.29, 1.82) is 0 Å². The van der Waals surface area contributed by atoms with Crippen molar-refractivity contribution < 1.29 is 9.18 Å². The first-order chi connectivity index (χ1) is 9.67. The number of benzene rings is 2. The minimum atomic E-state index is -0.328. The molecule has 0 saturated heterocycles. The first-order valence-electron chi connectivity index (χ1n) is 6.55. The van der Waals surface area contributed by atoms with Crippen molar-refractivity contribution in [2.75, 3.05) is 17.2 Å². The molecule has 0 aliphatic heterocycles. The van der Waals surface area contributed by atoms with Crippen LogP contribution in [0.2, 0.25) is 0 Å². The maximum absolute atomic E-state index is 13.0. The molecule has 0 heterocycles. The lowest BCUT2D eigenvalue weighted by Crippen LogP contribution is -2.21. The first kappa shape index (κ1) is 14.1. The summed E-state index contributed by atoms with van der Waals surface area (Å²) in [5, 5.41) is 5.66. The van der Waals surface area contributed by atoms with E-state index in [9.17, 15) is 9.18 Å². The van der Waals surface area contributed by atoms with E-state index >= 15 is 0 Å². The third-order valence-electron chi connectivity index (χ3n) is 2.92. The molecule has 0 unspecified atom stereocenters. The number of amides is 1. The van der Waals surface area contributed by atoms with Gasteiger partial charge in [0.1, 0.15) is 5.82 Å². The number of carbonyl (C=O) groups excluding carboxylic acids is 1. The van der Waals surface area contributed by atoms with Crippen LogP contribution in [0.4, 0.5) is 15.8 Å². The summed E-state index contributed by atoms with van der Waals surface area (Å²) < 4.78 is 13.0. The molecule has 0 spiro atoms. The van der Waals surface area contributed by atoms with Gasteiger partial charge in [0.05, 0.1) is 6.54 Å². The van der Waals surface area contributed by atoms with Crippen molar-refractivity contribution in [1.82, 2.24) is 0 Å². The second kappa shape index (κ2) is 6.70. The maximum Gasteiger partial charge on any atom is 0.243 e. The molecule has 0 aliphatic carbocycles. The molecule has 0 fully saturated rings. The van der Waals surface area contributed by atoms with Crippen LogP contribution in [-0.4, -0.2) is 12.5 Å². The first-order valence-corrected chi connectivity index (χ1v) is 6.55. The molecule has 0 atom stereocenters. The van der Waals surface area contributed by atoms with E-state index in [0.717, 1.165) is 12.1 Å². The van der Waals surface area contributed by atoms with Crippen molar-refractivity contribution in [3.8, 4) is 0 Å². The van der Waals surface area contributed by atoms with Crippen LogP contribution in [-0.2, 0) is 11.2 Å². The van der Waals surface area contributed by atoms with Gasteiger partial charge in [-0.25, -0.2) is 4.39 Å². The summed E-state index contributed by atoms with van der Waals surface area (Å²) in [5.74, 6) is -0.496. The minimum absolute atomic E-state index is 0.0962. The number of hydrogen-bond acceptors (Lipinski definition) is 2. The molecule has 20 heavy (non-hydrogen) atoms. The lowest BCUT2D eigenvalue weighted by molar-refractivity contribution is -0.114. The Hall–Kier alpha value is -2.36. The van der Waals surface area contributed by atoms with Crippen LogP contribution in [0.15, 0.2) is 48.5 Å². The number of nitrogens with one attached hydrogen (secondary N) is 2. The molecule has 2 aromatic rings. The van der Waals surface area contributed by atoms with Crippen LogP contribution in [0.5, 0.6) is 0 Å². The van der Waals surface area contributed by atoms with Gasteiger partial charge in [0.15, 0.2) is 0 Å². The van der Waals surface area contributed by atoms with Crippen LogP contribution >= 0.6 is 0 Å². The van der Waals surface area contributed by atoms with Crippen molar-refractivity contribution in [2.45, 2.75) is 13.3 Å². The van der Waals surface area contributed by atoms with Gasteiger partial charge < -0.3 is 10.6 Å². The molecule has 0 radical (unpaired) electrons. The molecule has 0 saturated carbocycles. The molecule has 3 nitrogen and oxygen atoms in total. The second-order valence-corrected chi connectivity index (χ2v) is 4.46. The fourth-order valence-electron chi connectivity index (χ4n) is 1.81. The van der Waals surface area contributed by atoms with Gasteiger partial charge in [0, 0.05) is 11.4 Å². The highest BCUT2D eigenvalue weighted by Gasteiger charge is 2.02. The summed E-state index contributed by atoms with van der Waals surface area (Å²) in [4.78, 5) is 11.8. The Morgan fingerprint density at radius 1 is 1.10 bits per heavy atom. The van der Waals surface area contributed by atoms with Crippen molar-refractivity contribution in [3.05, 3.63) is 59.9 Å². The van der Waals surface area contributed by atoms with Crippen molar-refractivity contribution in [3.63, 3.8) is 0 Å². The molecule has 0 aliphatic rings. The molecule has 104 valence electrons. The van der Waals surface area contributed by atoms with Gasteiger partial charge in [0.25, 0.3) is 0 Å². The molecule has 1 amide bonds. The number of anilines is 2. The molecule has 0 bridgehead atoms. The molecule has 2 N–H and O–H groups in total. The summed E-state index contributed by atoms with van der Waals surface area (Å²) in [6.45, 7) is 2.18. The molecular formula is C16H17FN2O. The zero-order chi connectivity index (χ0) is 14.4. The van der Waals surface area contributed by atoms with E-state index in [1.165, 1.54) is 17.7 Å². The van der Waals surface area contributed by atoms with Crippen LogP contribution in [0.1, 0.15) is 12.5 Å². The van der Waals surface area contributed by atoms with Crippen LogP contribution in [0.3, 0.4) is 0 Å². The quantitative estimate of drug-likeness (QED) is 0.875. The van der Waals surface area contributed by atoms with E-state index in [0.29, 0.717) is 5.69 Å². The Labute approximate surface area is 117 Å². The molecule has 0 aromatic heterocycles. The van der Waals surface area contributed by atoms with E-state index in [-0.39, 0.29) is 18.3 Å². The fourth-order valence-corrected chi connectivity index (χ4v) is 1.81. The third kappa shape index (κ3) is 4.09. The van der Waals surface area contributed by atoms with Crippen LogP contribution in [0, 0.1) is 5.82 Å². The number of aryl methyl sites for hydroxylation is 1. The standard InChI is InChI=1S/C16H17FN2O/c1-2-12-6-8-14(9-7-12)19-16(20)11-18-15-5-3-4-13(17)10-15/h3-10,18H,2,11H2,1H3,(H,19,20). The predicted molar refractivity (Wildman–Crippen MR) is 79.3 cm³/mol. The summed E-state index contributed by atoms with van der Waals surface area (Å²) in [5.41, 5.74) is 2.57. The zero-order valence-corrected chi connectivity index (χ0v) is 11.3. The number of halogens is 1. The smallest absolute Gasteiger partial charge is 0.243 e. The molecule has 2 rings (SSSR count). The van der Waals surface area contributed by atoms with E-state index in [1.807, 2.05) is 24.3 Å².